The Morgan fingerprint density at radius 2 is 0.921 bits per heavy atom. The quantitative estimate of drug-likeness (QED) is 0.268. The molecule has 0 unspecified atom stereocenters. The monoisotopic (exact) mass is 490 g/mol. The van der Waals surface area contributed by atoms with Crippen molar-refractivity contribution in [2.75, 3.05) is 5.32 Å². The molecule has 3 nitrogen and oxygen atoms in total. The molecule has 1 aromatic heterocycles. The highest BCUT2D eigenvalue weighted by Gasteiger charge is 2.15. The molecule has 0 aliphatic carbocycles. The molecule has 1 aliphatic rings. The summed E-state index contributed by atoms with van der Waals surface area (Å²) in [5, 5.41) is 3.32. The van der Waals surface area contributed by atoms with Crippen molar-refractivity contribution >= 4 is 11.4 Å². The van der Waals surface area contributed by atoms with Gasteiger partial charge in [-0.05, 0) is 47.0 Å². The van der Waals surface area contributed by atoms with Crippen LogP contribution >= 0.6 is 0 Å². The van der Waals surface area contributed by atoms with Crippen LogP contribution in [0.15, 0.2) is 152 Å². The van der Waals surface area contributed by atoms with Crippen molar-refractivity contribution in [1.29, 1.82) is 0 Å². The molecular weight excluding hydrogens is 464 g/mol. The van der Waals surface area contributed by atoms with E-state index in [2.05, 4.69) is 84.2 Å². The van der Waals surface area contributed by atoms with E-state index in [9.17, 15) is 0 Å². The van der Waals surface area contributed by atoms with Crippen LogP contribution in [0.3, 0.4) is 0 Å². The summed E-state index contributed by atoms with van der Waals surface area (Å²) in [5.74, 6) is 1.76. The number of nitrogens with zero attached hydrogens (tertiary/aromatic N) is 1. The van der Waals surface area contributed by atoms with Gasteiger partial charge in [0.1, 0.15) is 0 Å². The molecule has 5 aromatic carbocycles. The number of anilines is 2. The van der Waals surface area contributed by atoms with E-state index in [1.54, 1.807) is 0 Å². The van der Waals surface area contributed by atoms with E-state index in [0.717, 1.165) is 34.1 Å². The maximum Gasteiger partial charge on any atom is 0.150 e. The second-order valence-electron chi connectivity index (χ2n) is 8.90. The predicted molar refractivity (Wildman–Crippen MR) is 157 cm³/mol. The van der Waals surface area contributed by atoms with Crippen LogP contribution < -0.4 is 10.1 Å². The van der Waals surface area contributed by atoms with Gasteiger partial charge < -0.3 is 10.1 Å². The number of ether oxygens (including phenoxy) is 1. The Balaban J connectivity index is 0.000000159. The zero-order valence-corrected chi connectivity index (χ0v) is 20.8. The summed E-state index contributed by atoms with van der Waals surface area (Å²) in [6.45, 7) is 0. The van der Waals surface area contributed by atoms with Crippen molar-refractivity contribution < 1.29 is 4.74 Å². The van der Waals surface area contributed by atoms with E-state index in [-0.39, 0.29) is 0 Å². The average Bonchev–Trinajstić information content (AvgIpc) is 3.01. The molecule has 0 saturated carbocycles. The third-order valence-corrected chi connectivity index (χ3v) is 6.41. The van der Waals surface area contributed by atoms with Gasteiger partial charge in [-0.1, -0.05) is 115 Å². The summed E-state index contributed by atoms with van der Waals surface area (Å²) in [6, 6.07) is 49.3. The van der Waals surface area contributed by atoms with Crippen molar-refractivity contribution in [2.45, 2.75) is 0 Å². The van der Waals surface area contributed by atoms with E-state index < -0.39 is 0 Å². The molecule has 7 rings (SSSR count). The smallest absolute Gasteiger partial charge is 0.150 e. The van der Waals surface area contributed by atoms with Crippen molar-refractivity contribution in [3.05, 3.63) is 152 Å². The summed E-state index contributed by atoms with van der Waals surface area (Å²) < 4.78 is 5.71. The zero-order chi connectivity index (χ0) is 25.6. The molecule has 3 heteroatoms. The van der Waals surface area contributed by atoms with Crippen molar-refractivity contribution in [2.24, 2.45) is 0 Å². The fourth-order valence-electron chi connectivity index (χ4n) is 4.61. The molecule has 0 amide bonds. The molecular formula is C35H26N2O. The Morgan fingerprint density at radius 1 is 0.447 bits per heavy atom. The topological polar surface area (TPSA) is 34.2 Å². The SMILES string of the molecule is c1ccc(-c2ccnc(-c3ccccc3)c2-c2ccccc2)cc1.c1ccc2c(c1)Nc1ccccc1O2. The van der Waals surface area contributed by atoms with Gasteiger partial charge in [-0.15, -0.1) is 0 Å². The van der Waals surface area contributed by atoms with Gasteiger partial charge in [-0.2, -0.15) is 0 Å². The highest BCUT2D eigenvalue weighted by Crippen LogP contribution is 2.41. The molecule has 2 heterocycles. The molecule has 0 bridgehead atoms. The minimum Gasteiger partial charge on any atom is -0.453 e. The van der Waals surface area contributed by atoms with Crippen LogP contribution in [0.5, 0.6) is 11.5 Å². The van der Waals surface area contributed by atoms with Crippen molar-refractivity contribution in [3.8, 4) is 45.0 Å². The molecule has 6 aromatic rings. The summed E-state index contributed by atoms with van der Waals surface area (Å²) >= 11 is 0. The maximum atomic E-state index is 5.71. The molecule has 0 spiro atoms. The molecule has 0 radical (unpaired) electrons. The van der Waals surface area contributed by atoms with E-state index >= 15 is 0 Å². The molecule has 1 N–H and O–H groups in total. The minimum absolute atomic E-state index is 0.881. The lowest BCUT2D eigenvalue weighted by atomic mass is 9.91. The van der Waals surface area contributed by atoms with Gasteiger partial charge in [0.15, 0.2) is 11.5 Å². The fraction of sp³-hybridized carbons (Fsp3) is 0. The van der Waals surface area contributed by atoms with Gasteiger partial charge in [0.05, 0.1) is 17.1 Å². The number of fused-ring (bicyclic) bond motifs is 2. The maximum absolute atomic E-state index is 5.71. The van der Waals surface area contributed by atoms with Crippen LogP contribution in [0.1, 0.15) is 0 Å². The number of aromatic nitrogens is 1. The first kappa shape index (κ1) is 23.3. The van der Waals surface area contributed by atoms with E-state index in [1.807, 2.05) is 72.9 Å². The van der Waals surface area contributed by atoms with E-state index in [4.69, 9.17) is 9.72 Å². The lowest BCUT2D eigenvalue weighted by Crippen LogP contribution is -2.01. The summed E-state index contributed by atoms with van der Waals surface area (Å²) in [5.41, 5.74) is 8.96. The van der Waals surface area contributed by atoms with E-state index in [0.29, 0.717) is 0 Å². The Bertz CT molecular complexity index is 1500. The summed E-state index contributed by atoms with van der Waals surface area (Å²) in [6.07, 6.45) is 1.90. The highest BCUT2D eigenvalue weighted by molar-refractivity contribution is 5.92. The molecule has 1 aliphatic heterocycles. The summed E-state index contributed by atoms with van der Waals surface area (Å²) in [7, 11) is 0. The fourth-order valence-corrected chi connectivity index (χ4v) is 4.61. The molecule has 0 fully saturated rings. The van der Waals surface area contributed by atoms with Gasteiger partial charge in [0.2, 0.25) is 0 Å². The van der Waals surface area contributed by atoms with Gasteiger partial charge in [0.25, 0.3) is 0 Å². The second kappa shape index (κ2) is 10.9. The first-order chi connectivity index (χ1) is 18.9. The number of rotatable bonds is 3. The Hall–Kier alpha value is -5.15. The van der Waals surface area contributed by atoms with Crippen LogP contribution in [0, 0.1) is 0 Å². The molecule has 38 heavy (non-hydrogen) atoms. The Morgan fingerprint density at radius 3 is 1.50 bits per heavy atom. The van der Waals surface area contributed by atoms with E-state index in [1.165, 1.54) is 22.3 Å². The Kier molecular flexibility index (Phi) is 6.64. The molecule has 0 atom stereocenters. The summed E-state index contributed by atoms with van der Waals surface area (Å²) in [4.78, 5) is 4.71. The minimum atomic E-state index is 0.881. The van der Waals surface area contributed by atoms with Gasteiger partial charge in [-0.25, -0.2) is 0 Å². The standard InChI is InChI=1S/C23H17N.C12H9NO/c1-4-10-18(11-5-1)21-16-17-24-23(20-14-8-3-9-15-20)22(21)19-12-6-2-7-13-19;1-3-7-11-9(5-1)13-10-6-2-4-8-12(10)14-11/h1-17H;1-8,13H. The Labute approximate surface area is 223 Å². The number of nitrogens with one attached hydrogen (secondary N) is 1. The lowest BCUT2D eigenvalue weighted by molar-refractivity contribution is 0.481. The van der Waals surface area contributed by atoms with Crippen LogP contribution in [0.25, 0.3) is 33.5 Å². The number of para-hydroxylation sites is 4. The molecule has 0 saturated heterocycles. The number of hydrogen-bond acceptors (Lipinski definition) is 3. The predicted octanol–water partition coefficient (Wildman–Crippen LogP) is 9.62. The van der Waals surface area contributed by atoms with Crippen LogP contribution in [-0.2, 0) is 0 Å². The van der Waals surface area contributed by atoms with Crippen LogP contribution in [-0.4, -0.2) is 4.98 Å². The van der Waals surface area contributed by atoms with Gasteiger partial charge >= 0.3 is 0 Å². The van der Waals surface area contributed by atoms with Crippen molar-refractivity contribution in [1.82, 2.24) is 4.98 Å². The number of benzene rings is 5. The number of pyridine rings is 1. The average molecular weight is 491 g/mol. The number of hydrogen-bond donors (Lipinski definition) is 1. The van der Waals surface area contributed by atoms with Crippen LogP contribution in [0.4, 0.5) is 11.4 Å². The largest absolute Gasteiger partial charge is 0.453 e. The van der Waals surface area contributed by atoms with Gasteiger partial charge in [-0.3, -0.25) is 4.98 Å². The third kappa shape index (κ3) is 4.91. The highest BCUT2D eigenvalue weighted by atomic mass is 16.5. The first-order valence-corrected chi connectivity index (χ1v) is 12.6. The zero-order valence-electron chi connectivity index (χ0n) is 20.8. The third-order valence-electron chi connectivity index (χ3n) is 6.41. The first-order valence-electron chi connectivity index (χ1n) is 12.6. The molecule has 182 valence electrons. The second-order valence-corrected chi connectivity index (χ2v) is 8.90. The van der Waals surface area contributed by atoms with Gasteiger partial charge in [0, 0.05) is 17.3 Å². The van der Waals surface area contributed by atoms with Crippen molar-refractivity contribution in [3.63, 3.8) is 0 Å². The van der Waals surface area contributed by atoms with Crippen LogP contribution in [0.2, 0.25) is 0 Å². The normalized spacial score (nSPS) is 11.1. The lowest BCUT2D eigenvalue weighted by Gasteiger charge is -2.20.